The molecule has 16 heavy (non-hydrogen) atoms. The molecule has 1 aliphatic heterocycles. The van der Waals surface area contributed by atoms with Gasteiger partial charge in [0, 0.05) is 24.0 Å². The van der Waals surface area contributed by atoms with Crippen LogP contribution in [0.15, 0.2) is 0 Å². The molecule has 1 heterocycles. The van der Waals surface area contributed by atoms with Gasteiger partial charge in [-0.1, -0.05) is 20.8 Å². The molecule has 0 aromatic heterocycles. The maximum atomic E-state index is 12.3. The summed E-state index contributed by atoms with van der Waals surface area (Å²) in [6, 6.07) is 0.780. The summed E-state index contributed by atoms with van der Waals surface area (Å²) in [7, 11) is 0. The first-order valence-corrected chi connectivity index (χ1v) is 6.37. The van der Waals surface area contributed by atoms with Crippen molar-refractivity contribution in [1.29, 1.82) is 0 Å². The van der Waals surface area contributed by atoms with Crippen molar-refractivity contribution < 1.29 is 4.79 Å². The van der Waals surface area contributed by atoms with Gasteiger partial charge in [-0.05, 0) is 33.2 Å². The van der Waals surface area contributed by atoms with E-state index in [1.165, 1.54) is 12.8 Å². The summed E-state index contributed by atoms with van der Waals surface area (Å²) in [5.74, 6) is 0.260. The van der Waals surface area contributed by atoms with E-state index in [9.17, 15) is 4.79 Å². The first-order valence-electron chi connectivity index (χ1n) is 6.37. The molecule has 0 aromatic rings. The summed E-state index contributed by atoms with van der Waals surface area (Å²) >= 11 is 0. The number of nitrogens with one attached hydrogen (secondary N) is 1. The molecular weight excluding hydrogens is 200 g/mol. The molecule has 0 aliphatic carbocycles. The summed E-state index contributed by atoms with van der Waals surface area (Å²) < 4.78 is 0. The minimum Gasteiger partial charge on any atom is -0.338 e. The van der Waals surface area contributed by atoms with E-state index in [2.05, 4.69) is 19.2 Å². The molecule has 1 rings (SSSR count). The third-order valence-electron chi connectivity index (χ3n) is 3.11. The largest absolute Gasteiger partial charge is 0.338 e. The number of rotatable bonds is 3. The van der Waals surface area contributed by atoms with Crippen LogP contribution in [0.25, 0.3) is 0 Å². The van der Waals surface area contributed by atoms with Gasteiger partial charge in [-0.3, -0.25) is 4.79 Å². The molecule has 3 nitrogen and oxygen atoms in total. The molecule has 1 saturated heterocycles. The zero-order valence-electron chi connectivity index (χ0n) is 11.3. The maximum Gasteiger partial charge on any atom is 0.228 e. The minimum atomic E-state index is -0.275. The Bertz CT molecular complexity index is 237. The van der Waals surface area contributed by atoms with E-state index in [1.807, 2.05) is 25.7 Å². The number of carbonyl (C=O) groups is 1. The van der Waals surface area contributed by atoms with Crippen LogP contribution in [0.1, 0.15) is 47.5 Å². The lowest BCUT2D eigenvalue weighted by molar-refractivity contribution is -0.141. The predicted octanol–water partition coefficient (Wildman–Crippen LogP) is 2.02. The van der Waals surface area contributed by atoms with Gasteiger partial charge < -0.3 is 10.2 Å². The van der Waals surface area contributed by atoms with Crippen molar-refractivity contribution >= 4 is 5.91 Å². The average Bonchev–Trinajstić information content (AvgIpc) is 2.63. The molecule has 1 atom stereocenters. The molecule has 0 aromatic carbocycles. The van der Waals surface area contributed by atoms with Crippen LogP contribution in [-0.2, 0) is 4.79 Å². The van der Waals surface area contributed by atoms with Gasteiger partial charge >= 0.3 is 0 Å². The average molecular weight is 226 g/mol. The first-order chi connectivity index (χ1) is 7.32. The van der Waals surface area contributed by atoms with E-state index in [0.717, 1.165) is 13.1 Å². The highest BCUT2D eigenvalue weighted by Gasteiger charge is 2.30. The normalized spacial score (nSPS) is 21.5. The molecule has 94 valence electrons. The van der Waals surface area contributed by atoms with Gasteiger partial charge in [-0.2, -0.15) is 0 Å². The molecule has 3 heteroatoms. The van der Waals surface area contributed by atoms with Crippen LogP contribution in [0.2, 0.25) is 0 Å². The van der Waals surface area contributed by atoms with Gasteiger partial charge in [-0.25, -0.2) is 0 Å². The van der Waals surface area contributed by atoms with Gasteiger partial charge in [0.15, 0.2) is 0 Å². The van der Waals surface area contributed by atoms with E-state index < -0.39 is 0 Å². The number of amides is 1. The van der Waals surface area contributed by atoms with Crippen LogP contribution in [0.4, 0.5) is 0 Å². The lowest BCUT2D eigenvalue weighted by atomic mass is 9.93. The fourth-order valence-corrected chi connectivity index (χ4v) is 2.11. The smallest absolute Gasteiger partial charge is 0.228 e. The summed E-state index contributed by atoms with van der Waals surface area (Å²) in [5.41, 5.74) is -0.275. The van der Waals surface area contributed by atoms with Crippen LogP contribution >= 0.6 is 0 Å². The Balaban J connectivity index is 2.63. The Morgan fingerprint density at radius 3 is 2.44 bits per heavy atom. The quantitative estimate of drug-likeness (QED) is 0.798. The second-order valence-corrected chi connectivity index (χ2v) is 6.09. The van der Waals surface area contributed by atoms with E-state index in [4.69, 9.17) is 0 Å². The molecule has 0 bridgehead atoms. The van der Waals surface area contributed by atoms with Crippen LogP contribution in [0.3, 0.4) is 0 Å². The molecule has 1 fully saturated rings. The molecular formula is C13H26N2O. The van der Waals surface area contributed by atoms with Crippen molar-refractivity contribution in [3.8, 4) is 0 Å². The van der Waals surface area contributed by atoms with Crippen LogP contribution in [0, 0.1) is 5.41 Å². The van der Waals surface area contributed by atoms with E-state index in [1.54, 1.807) is 0 Å². The molecule has 1 amide bonds. The third-order valence-corrected chi connectivity index (χ3v) is 3.11. The number of hydrogen-bond donors (Lipinski definition) is 1. The van der Waals surface area contributed by atoms with Crippen molar-refractivity contribution in [2.75, 3.05) is 13.1 Å². The summed E-state index contributed by atoms with van der Waals surface area (Å²) in [6.07, 6.45) is 2.43. The Morgan fingerprint density at radius 1 is 1.44 bits per heavy atom. The number of nitrogens with zero attached hydrogens (tertiary/aromatic N) is 1. The monoisotopic (exact) mass is 226 g/mol. The lowest BCUT2D eigenvalue weighted by Gasteiger charge is -2.34. The summed E-state index contributed by atoms with van der Waals surface area (Å²) in [4.78, 5) is 14.3. The van der Waals surface area contributed by atoms with Crippen molar-refractivity contribution in [3.63, 3.8) is 0 Å². The summed E-state index contributed by atoms with van der Waals surface area (Å²) in [6.45, 7) is 12.1. The van der Waals surface area contributed by atoms with Crippen molar-refractivity contribution in [3.05, 3.63) is 0 Å². The Labute approximate surface area is 99.6 Å². The van der Waals surface area contributed by atoms with Gasteiger partial charge in [-0.15, -0.1) is 0 Å². The zero-order chi connectivity index (χ0) is 12.3. The zero-order valence-corrected chi connectivity index (χ0v) is 11.3. The molecule has 0 radical (unpaired) electrons. The van der Waals surface area contributed by atoms with Crippen molar-refractivity contribution in [1.82, 2.24) is 10.2 Å². The predicted molar refractivity (Wildman–Crippen MR) is 67.3 cm³/mol. The van der Waals surface area contributed by atoms with Crippen molar-refractivity contribution in [2.45, 2.75) is 59.5 Å². The SMILES string of the molecule is CC(C)N(CC1CCCN1)C(=O)C(C)(C)C. The molecule has 1 aliphatic rings. The molecule has 1 N–H and O–H groups in total. The maximum absolute atomic E-state index is 12.3. The molecule has 1 unspecified atom stereocenters. The standard InChI is InChI=1S/C13H26N2O/c1-10(2)15(12(16)13(3,4)5)9-11-7-6-8-14-11/h10-11,14H,6-9H2,1-5H3. The fraction of sp³-hybridized carbons (Fsp3) is 0.923. The Kier molecular flexibility index (Phi) is 4.36. The molecule has 0 spiro atoms. The Hall–Kier alpha value is -0.570. The topological polar surface area (TPSA) is 32.3 Å². The summed E-state index contributed by atoms with van der Waals surface area (Å²) in [5, 5.41) is 3.45. The van der Waals surface area contributed by atoms with Gasteiger partial charge in [0.1, 0.15) is 0 Å². The Morgan fingerprint density at radius 2 is 2.06 bits per heavy atom. The van der Waals surface area contributed by atoms with Crippen molar-refractivity contribution in [2.24, 2.45) is 5.41 Å². The lowest BCUT2D eigenvalue weighted by Crippen LogP contribution is -2.48. The first kappa shape index (κ1) is 13.5. The van der Waals surface area contributed by atoms with Gasteiger partial charge in [0.05, 0.1) is 0 Å². The highest BCUT2D eigenvalue weighted by Crippen LogP contribution is 2.20. The van der Waals surface area contributed by atoms with Gasteiger partial charge in [0.25, 0.3) is 0 Å². The van der Waals surface area contributed by atoms with E-state index >= 15 is 0 Å². The van der Waals surface area contributed by atoms with E-state index in [-0.39, 0.29) is 17.4 Å². The van der Waals surface area contributed by atoms with Crippen LogP contribution in [-0.4, -0.2) is 36.0 Å². The highest BCUT2D eigenvalue weighted by molar-refractivity contribution is 5.81. The molecule has 0 saturated carbocycles. The minimum absolute atomic E-state index is 0.260. The second kappa shape index (κ2) is 5.17. The van der Waals surface area contributed by atoms with Crippen LogP contribution < -0.4 is 5.32 Å². The number of hydrogen-bond acceptors (Lipinski definition) is 2. The fourth-order valence-electron chi connectivity index (χ4n) is 2.11. The number of carbonyl (C=O) groups excluding carboxylic acids is 1. The van der Waals surface area contributed by atoms with E-state index in [0.29, 0.717) is 6.04 Å². The highest BCUT2D eigenvalue weighted by atomic mass is 16.2. The third kappa shape index (κ3) is 3.48. The second-order valence-electron chi connectivity index (χ2n) is 6.09. The van der Waals surface area contributed by atoms with Crippen LogP contribution in [0.5, 0.6) is 0 Å². The van der Waals surface area contributed by atoms with Gasteiger partial charge in [0.2, 0.25) is 5.91 Å².